The number of nitrogens with one attached hydrogen (secondary N) is 1. The average molecular weight is 284 g/mol. The minimum Gasteiger partial charge on any atom is -0.378 e. The Kier molecular flexibility index (Phi) is 5.43. The van der Waals surface area contributed by atoms with Crippen molar-refractivity contribution in [3.05, 3.63) is 35.4 Å². The van der Waals surface area contributed by atoms with Gasteiger partial charge in [0, 0.05) is 18.5 Å². The van der Waals surface area contributed by atoms with E-state index >= 15 is 0 Å². The van der Waals surface area contributed by atoms with Crippen LogP contribution in [0.5, 0.6) is 0 Å². The first-order chi connectivity index (χ1) is 9.68. The first kappa shape index (κ1) is 14.9. The van der Waals surface area contributed by atoms with Crippen molar-refractivity contribution in [2.24, 2.45) is 0 Å². The minimum atomic E-state index is -0.557. The third-order valence-electron chi connectivity index (χ3n) is 3.19. The number of hydrogen-bond acceptors (Lipinski definition) is 3. The van der Waals surface area contributed by atoms with Gasteiger partial charge in [0.2, 0.25) is 5.91 Å². The van der Waals surface area contributed by atoms with Crippen LogP contribution in [0.1, 0.15) is 18.4 Å². The molecule has 0 aromatic heterocycles. The van der Waals surface area contributed by atoms with Gasteiger partial charge < -0.3 is 4.74 Å². The van der Waals surface area contributed by atoms with E-state index in [2.05, 4.69) is 5.43 Å². The van der Waals surface area contributed by atoms with Gasteiger partial charge in [-0.25, -0.2) is 14.2 Å². The van der Waals surface area contributed by atoms with Crippen LogP contribution in [0.4, 0.5) is 8.78 Å². The van der Waals surface area contributed by atoms with E-state index in [1.807, 2.05) is 0 Å². The summed E-state index contributed by atoms with van der Waals surface area (Å²) in [4.78, 5) is 11.9. The monoisotopic (exact) mass is 284 g/mol. The molecule has 1 aromatic carbocycles. The molecule has 0 saturated carbocycles. The molecule has 1 fully saturated rings. The zero-order valence-corrected chi connectivity index (χ0v) is 11.2. The number of hydrogen-bond donors (Lipinski definition) is 1. The van der Waals surface area contributed by atoms with E-state index in [-0.39, 0.29) is 24.3 Å². The maximum atomic E-state index is 13.4. The van der Waals surface area contributed by atoms with Crippen LogP contribution in [0.2, 0.25) is 0 Å². The molecule has 1 aliphatic rings. The lowest BCUT2D eigenvalue weighted by atomic mass is 10.1. The van der Waals surface area contributed by atoms with Gasteiger partial charge in [0.1, 0.15) is 11.6 Å². The maximum absolute atomic E-state index is 13.4. The molecule has 4 nitrogen and oxygen atoms in total. The Labute approximate surface area is 116 Å². The highest BCUT2D eigenvalue weighted by atomic mass is 19.1. The van der Waals surface area contributed by atoms with Gasteiger partial charge in [0.05, 0.1) is 19.8 Å². The van der Waals surface area contributed by atoms with Crippen molar-refractivity contribution in [2.45, 2.75) is 19.3 Å². The highest BCUT2D eigenvalue weighted by Crippen LogP contribution is 2.15. The largest absolute Gasteiger partial charge is 0.378 e. The summed E-state index contributed by atoms with van der Waals surface area (Å²) in [7, 11) is 0. The van der Waals surface area contributed by atoms with Gasteiger partial charge in [-0.3, -0.25) is 9.80 Å². The summed E-state index contributed by atoms with van der Waals surface area (Å²) < 4.78 is 32.1. The van der Waals surface area contributed by atoms with E-state index in [0.29, 0.717) is 32.7 Å². The summed E-state index contributed by atoms with van der Waals surface area (Å²) in [5.74, 6) is -1.19. The highest BCUT2D eigenvalue weighted by molar-refractivity contribution is 5.75. The smallest absolute Gasteiger partial charge is 0.236 e. The molecule has 2 rings (SSSR count). The number of nitrogens with zero attached hydrogens (tertiary/aromatic N) is 1. The summed E-state index contributed by atoms with van der Waals surface area (Å²) in [6, 6.07) is 3.79. The second kappa shape index (κ2) is 7.31. The van der Waals surface area contributed by atoms with Gasteiger partial charge in [-0.05, 0) is 25.0 Å². The van der Waals surface area contributed by atoms with Crippen LogP contribution in [0.3, 0.4) is 0 Å². The summed E-state index contributed by atoms with van der Waals surface area (Å²) >= 11 is 0. The number of carbonyl (C=O) groups is 1. The third kappa shape index (κ3) is 3.98. The quantitative estimate of drug-likeness (QED) is 0.914. The Morgan fingerprint density at radius 2 is 2.05 bits per heavy atom. The number of benzene rings is 1. The lowest BCUT2D eigenvalue weighted by Crippen LogP contribution is -2.43. The molecule has 20 heavy (non-hydrogen) atoms. The van der Waals surface area contributed by atoms with E-state index in [4.69, 9.17) is 4.74 Å². The van der Waals surface area contributed by atoms with Crippen molar-refractivity contribution < 1.29 is 18.3 Å². The maximum Gasteiger partial charge on any atom is 0.236 e. The average Bonchev–Trinajstić information content (AvgIpc) is 2.71. The topological polar surface area (TPSA) is 41.6 Å². The van der Waals surface area contributed by atoms with Crippen LogP contribution < -0.4 is 5.43 Å². The molecule has 110 valence electrons. The van der Waals surface area contributed by atoms with E-state index in [9.17, 15) is 13.6 Å². The van der Waals surface area contributed by atoms with Crippen molar-refractivity contribution in [1.82, 2.24) is 10.4 Å². The van der Waals surface area contributed by atoms with Crippen molar-refractivity contribution in [1.29, 1.82) is 0 Å². The molecule has 1 heterocycles. The molecule has 1 amide bonds. The Morgan fingerprint density at radius 1 is 1.30 bits per heavy atom. The van der Waals surface area contributed by atoms with Gasteiger partial charge in [0.15, 0.2) is 0 Å². The first-order valence-electron chi connectivity index (χ1n) is 6.73. The Morgan fingerprint density at radius 3 is 2.80 bits per heavy atom. The molecule has 0 unspecified atom stereocenters. The van der Waals surface area contributed by atoms with E-state index in [1.54, 1.807) is 0 Å². The van der Waals surface area contributed by atoms with E-state index in [0.717, 1.165) is 0 Å². The zero-order valence-electron chi connectivity index (χ0n) is 11.2. The fourth-order valence-corrected chi connectivity index (χ4v) is 2.13. The lowest BCUT2D eigenvalue weighted by molar-refractivity contribution is -0.134. The van der Waals surface area contributed by atoms with Crippen LogP contribution in [-0.2, 0) is 16.0 Å². The molecule has 6 heteroatoms. The number of amides is 1. The van der Waals surface area contributed by atoms with Gasteiger partial charge in [0.25, 0.3) is 0 Å². The molecular formula is C14H18F2N2O2. The first-order valence-corrected chi connectivity index (χ1v) is 6.73. The second-order valence-corrected chi connectivity index (χ2v) is 4.62. The summed E-state index contributed by atoms with van der Waals surface area (Å²) in [5.41, 5.74) is 3.01. The van der Waals surface area contributed by atoms with Crippen molar-refractivity contribution in [3.63, 3.8) is 0 Å². The predicted molar refractivity (Wildman–Crippen MR) is 69.8 cm³/mol. The van der Waals surface area contributed by atoms with E-state index in [1.165, 1.54) is 23.2 Å². The van der Waals surface area contributed by atoms with Crippen LogP contribution >= 0.6 is 0 Å². The Balaban J connectivity index is 1.81. The fourth-order valence-electron chi connectivity index (χ4n) is 2.13. The molecule has 0 bridgehead atoms. The zero-order chi connectivity index (χ0) is 14.4. The van der Waals surface area contributed by atoms with Gasteiger partial charge in [-0.2, -0.15) is 0 Å². The number of hydrazine groups is 1. The summed E-state index contributed by atoms with van der Waals surface area (Å²) in [6.07, 6.45) is 0.880. The highest BCUT2D eigenvalue weighted by Gasteiger charge is 2.16. The van der Waals surface area contributed by atoms with E-state index < -0.39 is 11.6 Å². The lowest BCUT2D eigenvalue weighted by Gasteiger charge is -2.20. The number of halogens is 2. The molecule has 0 radical (unpaired) electrons. The van der Waals surface area contributed by atoms with Crippen molar-refractivity contribution in [2.75, 3.05) is 26.3 Å². The summed E-state index contributed by atoms with van der Waals surface area (Å²) in [5, 5.41) is 1.52. The van der Waals surface area contributed by atoms with Crippen molar-refractivity contribution >= 4 is 5.91 Å². The van der Waals surface area contributed by atoms with Crippen LogP contribution in [0.15, 0.2) is 18.2 Å². The molecule has 0 atom stereocenters. The number of rotatable bonds is 4. The normalized spacial score (nSPS) is 16.0. The Hall–Kier alpha value is -1.53. The van der Waals surface area contributed by atoms with Gasteiger partial charge in [-0.15, -0.1) is 0 Å². The molecule has 0 aliphatic carbocycles. The van der Waals surface area contributed by atoms with Crippen LogP contribution in [0.25, 0.3) is 0 Å². The van der Waals surface area contributed by atoms with Crippen molar-refractivity contribution in [3.8, 4) is 0 Å². The fraction of sp³-hybridized carbons (Fsp3) is 0.500. The third-order valence-corrected chi connectivity index (χ3v) is 3.19. The standard InChI is InChI=1S/C14H18F2N2O2/c15-12-4-2-5-13(16)11(12)3-1-6-14(19)18-8-10-20-9-7-17-18/h2,4-5,17H,1,3,6-10H2. The molecule has 1 N–H and O–H groups in total. The molecule has 1 aromatic rings. The number of ether oxygens (including phenoxy) is 1. The molecular weight excluding hydrogens is 266 g/mol. The molecule has 0 spiro atoms. The SMILES string of the molecule is O=C(CCCc1c(F)cccc1F)N1CCOCCN1. The molecule has 1 aliphatic heterocycles. The summed E-state index contributed by atoms with van der Waals surface area (Å²) in [6.45, 7) is 2.16. The van der Waals surface area contributed by atoms with Gasteiger partial charge in [-0.1, -0.05) is 6.07 Å². The minimum absolute atomic E-state index is 0.0486. The second-order valence-electron chi connectivity index (χ2n) is 4.62. The van der Waals surface area contributed by atoms with Gasteiger partial charge >= 0.3 is 0 Å². The number of carbonyl (C=O) groups excluding carboxylic acids is 1. The molecule has 1 saturated heterocycles. The van der Waals surface area contributed by atoms with Crippen LogP contribution in [-0.4, -0.2) is 37.2 Å². The van der Waals surface area contributed by atoms with Crippen LogP contribution in [0, 0.1) is 11.6 Å². The Bertz CT molecular complexity index is 440. The predicted octanol–water partition coefficient (Wildman–Crippen LogP) is 1.65.